The molecular weight excluding hydrogens is 238 g/mol. The lowest BCUT2D eigenvalue weighted by Gasteiger charge is -2.09. The van der Waals surface area contributed by atoms with E-state index in [9.17, 15) is 0 Å². The van der Waals surface area contributed by atoms with Crippen LogP contribution in [0.3, 0.4) is 0 Å². The van der Waals surface area contributed by atoms with Gasteiger partial charge in [-0.3, -0.25) is 4.98 Å². The van der Waals surface area contributed by atoms with E-state index in [-0.39, 0.29) is 0 Å². The highest BCUT2D eigenvalue weighted by Crippen LogP contribution is 2.11. The smallest absolute Gasteiger partial charge is 0.224 e. The first-order valence-electron chi connectivity index (χ1n) is 6.50. The highest BCUT2D eigenvalue weighted by Gasteiger charge is 2.01. The molecule has 5 heteroatoms. The number of anilines is 2. The fraction of sp³-hybridized carbons (Fsp3) is 0.357. The van der Waals surface area contributed by atoms with Gasteiger partial charge >= 0.3 is 0 Å². The molecule has 0 aromatic carbocycles. The summed E-state index contributed by atoms with van der Waals surface area (Å²) in [4.78, 5) is 12.9. The molecule has 0 aliphatic heterocycles. The Morgan fingerprint density at radius 3 is 2.84 bits per heavy atom. The summed E-state index contributed by atoms with van der Waals surface area (Å²) in [6.45, 7) is 5.67. The lowest BCUT2D eigenvalue weighted by Crippen LogP contribution is -2.08. The van der Waals surface area contributed by atoms with E-state index < -0.39 is 0 Å². The van der Waals surface area contributed by atoms with E-state index in [2.05, 4.69) is 32.5 Å². The van der Waals surface area contributed by atoms with E-state index in [1.165, 1.54) is 0 Å². The maximum absolute atomic E-state index is 4.43. The number of hydrogen-bond donors (Lipinski definition) is 2. The molecule has 2 aromatic rings. The van der Waals surface area contributed by atoms with Gasteiger partial charge in [-0.25, -0.2) is 4.98 Å². The Morgan fingerprint density at radius 2 is 2.11 bits per heavy atom. The van der Waals surface area contributed by atoms with Crippen molar-refractivity contribution in [2.45, 2.75) is 26.8 Å². The Kier molecular flexibility index (Phi) is 4.66. The standard InChI is InChI=1S/C14H19N5/c1-3-6-16-14-18-11(2)8-13(19-14)17-10-12-5-4-7-15-9-12/h4-5,7-9H,3,6,10H2,1-2H3,(H2,16,17,18,19). The van der Waals surface area contributed by atoms with Crippen LogP contribution in [0.2, 0.25) is 0 Å². The van der Waals surface area contributed by atoms with Crippen LogP contribution >= 0.6 is 0 Å². The number of rotatable bonds is 6. The molecule has 19 heavy (non-hydrogen) atoms. The van der Waals surface area contributed by atoms with E-state index in [0.717, 1.165) is 30.0 Å². The molecule has 0 unspecified atom stereocenters. The quantitative estimate of drug-likeness (QED) is 0.833. The van der Waals surface area contributed by atoms with Gasteiger partial charge in [0.1, 0.15) is 5.82 Å². The number of hydrogen-bond acceptors (Lipinski definition) is 5. The van der Waals surface area contributed by atoms with Crippen molar-refractivity contribution in [1.29, 1.82) is 0 Å². The van der Waals surface area contributed by atoms with Gasteiger partial charge in [0.15, 0.2) is 0 Å². The molecular formula is C14H19N5. The maximum atomic E-state index is 4.43. The molecule has 0 saturated carbocycles. The van der Waals surface area contributed by atoms with E-state index in [4.69, 9.17) is 0 Å². The van der Waals surface area contributed by atoms with Crippen molar-refractivity contribution in [3.63, 3.8) is 0 Å². The van der Waals surface area contributed by atoms with Gasteiger partial charge in [-0.2, -0.15) is 4.98 Å². The van der Waals surface area contributed by atoms with Gasteiger partial charge in [0.2, 0.25) is 5.95 Å². The number of aryl methyl sites for hydroxylation is 1. The van der Waals surface area contributed by atoms with Gasteiger partial charge in [0, 0.05) is 37.2 Å². The molecule has 0 spiro atoms. The van der Waals surface area contributed by atoms with Gasteiger partial charge < -0.3 is 10.6 Å². The van der Waals surface area contributed by atoms with Crippen LogP contribution in [0.1, 0.15) is 24.6 Å². The van der Waals surface area contributed by atoms with Crippen molar-refractivity contribution in [3.8, 4) is 0 Å². The Morgan fingerprint density at radius 1 is 1.21 bits per heavy atom. The lowest BCUT2D eigenvalue weighted by molar-refractivity contribution is 0.943. The predicted octanol–water partition coefficient (Wildman–Crippen LogP) is 2.61. The molecule has 5 nitrogen and oxygen atoms in total. The summed E-state index contributed by atoms with van der Waals surface area (Å²) >= 11 is 0. The summed E-state index contributed by atoms with van der Waals surface area (Å²) in [5.74, 6) is 1.51. The first-order valence-corrected chi connectivity index (χ1v) is 6.50. The van der Waals surface area contributed by atoms with E-state index in [0.29, 0.717) is 12.5 Å². The van der Waals surface area contributed by atoms with Crippen LogP contribution in [0.25, 0.3) is 0 Å². The number of nitrogens with zero attached hydrogens (tertiary/aromatic N) is 3. The van der Waals surface area contributed by atoms with Crippen LogP contribution in [0.5, 0.6) is 0 Å². The predicted molar refractivity (Wildman–Crippen MR) is 77.1 cm³/mol. The van der Waals surface area contributed by atoms with Gasteiger partial charge in [-0.15, -0.1) is 0 Å². The Hall–Kier alpha value is -2.17. The molecule has 2 aromatic heterocycles. The third kappa shape index (κ3) is 4.21. The fourth-order valence-electron chi connectivity index (χ4n) is 1.67. The minimum absolute atomic E-state index is 0.676. The Balaban J connectivity index is 2.01. The number of pyridine rings is 1. The molecule has 0 aliphatic carbocycles. The van der Waals surface area contributed by atoms with Crippen LogP contribution in [0.15, 0.2) is 30.6 Å². The average Bonchev–Trinajstić information content (AvgIpc) is 2.43. The van der Waals surface area contributed by atoms with Crippen LogP contribution in [-0.4, -0.2) is 21.5 Å². The zero-order valence-electron chi connectivity index (χ0n) is 11.3. The topological polar surface area (TPSA) is 62.7 Å². The summed E-state index contributed by atoms with van der Waals surface area (Å²) in [6.07, 6.45) is 4.66. The molecule has 0 fully saturated rings. The van der Waals surface area contributed by atoms with Gasteiger partial charge in [-0.1, -0.05) is 13.0 Å². The van der Waals surface area contributed by atoms with Crippen molar-refractivity contribution < 1.29 is 0 Å². The van der Waals surface area contributed by atoms with E-state index in [1.807, 2.05) is 31.3 Å². The zero-order valence-corrected chi connectivity index (χ0v) is 11.3. The largest absolute Gasteiger partial charge is 0.366 e. The summed E-state index contributed by atoms with van der Waals surface area (Å²) in [7, 11) is 0. The van der Waals surface area contributed by atoms with Gasteiger partial charge in [-0.05, 0) is 25.0 Å². The van der Waals surface area contributed by atoms with Crippen molar-refractivity contribution >= 4 is 11.8 Å². The summed E-state index contributed by atoms with van der Waals surface area (Å²) in [5.41, 5.74) is 2.07. The maximum Gasteiger partial charge on any atom is 0.224 e. The monoisotopic (exact) mass is 257 g/mol. The SMILES string of the molecule is CCCNc1nc(C)cc(NCc2cccnc2)n1. The summed E-state index contributed by atoms with van der Waals surface area (Å²) in [6, 6.07) is 5.90. The molecule has 0 bridgehead atoms. The molecule has 0 aliphatic rings. The molecule has 0 atom stereocenters. The lowest BCUT2D eigenvalue weighted by atomic mass is 10.3. The third-order valence-electron chi connectivity index (χ3n) is 2.58. The summed E-state index contributed by atoms with van der Waals surface area (Å²) < 4.78 is 0. The van der Waals surface area contributed by atoms with E-state index >= 15 is 0 Å². The number of aromatic nitrogens is 3. The zero-order chi connectivity index (χ0) is 13.5. The molecule has 0 radical (unpaired) electrons. The van der Waals surface area contributed by atoms with Gasteiger partial charge in [0.25, 0.3) is 0 Å². The van der Waals surface area contributed by atoms with Crippen molar-refractivity contribution in [2.75, 3.05) is 17.2 Å². The van der Waals surface area contributed by atoms with Gasteiger partial charge in [0.05, 0.1) is 0 Å². The average molecular weight is 257 g/mol. The summed E-state index contributed by atoms with van der Waals surface area (Å²) in [5, 5.41) is 6.49. The van der Waals surface area contributed by atoms with E-state index in [1.54, 1.807) is 6.20 Å². The first-order chi connectivity index (χ1) is 9.28. The molecule has 2 rings (SSSR count). The normalized spacial score (nSPS) is 10.2. The van der Waals surface area contributed by atoms with Crippen LogP contribution in [0, 0.1) is 6.92 Å². The second-order valence-corrected chi connectivity index (χ2v) is 4.36. The van der Waals surface area contributed by atoms with Crippen LogP contribution in [-0.2, 0) is 6.54 Å². The molecule has 2 N–H and O–H groups in total. The highest BCUT2D eigenvalue weighted by molar-refractivity contribution is 5.42. The first kappa shape index (κ1) is 13.3. The Labute approximate surface area is 113 Å². The molecule has 0 amide bonds. The van der Waals surface area contributed by atoms with Crippen LogP contribution in [0.4, 0.5) is 11.8 Å². The highest BCUT2D eigenvalue weighted by atomic mass is 15.1. The minimum Gasteiger partial charge on any atom is -0.366 e. The third-order valence-corrected chi connectivity index (χ3v) is 2.58. The van der Waals surface area contributed by atoms with Crippen molar-refractivity contribution in [2.24, 2.45) is 0 Å². The second-order valence-electron chi connectivity index (χ2n) is 4.36. The molecule has 0 saturated heterocycles. The molecule has 2 heterocycles. The minimum atomic E-state index is 0.676. The Bertz CT molecular complexity index is 512. The number of nitrogens with one attached hydrogen (secondary N) is 2. The fourth-order valence-corrected chi connectivity index (χ4v) is 1.67. The van der Waals surface area contributed by atoms with Crippen LogP contribution < -0.4 is 10.6 Å². The second kappa shape index (κ2) is 6.68. The van der Waals surface area contributed by atoms with Crippen molar-refractivity contribution in [1.82, 2.24) is 15.0 Å². The molecule has 100 valence electrons. The van der Waals surface area contributed by atoms with Crippen molar-refractivity contribution in [3.05, 3.63) is 41.9 Å².